The number of methoxy groups -OCH3 is 1. The number of ether oxygens (including phenoxy) is 1. The number of hydrogen-bond donors (Lipinski definition) is 0. The van der Waals surface area contributed by atoms with Crippen molar-refractivity contribution < 1.29 is 28.7 Å². The van der Waals surface area contributed by atoms with Gasteiger partial charge in [-0.2, -0.15) is 0 Å². The molecule has 23 heavy (non-hydrogen) atoms. The molecule has 0 fully saturated rings. The first-order valence-corrected chi connectivity index (χ1v) is 7.50. The van der Waals surface area contributed by atoms with Crippen molar-refractivity contribution in [3.05, 3.63) is 95.5 Å². The van der Waals surface area contributed by atoms with Gasteiger partial charge in [0, 0.05) is 18.3 Å². The first-order chi connectivity index (χ1) is 10.8. The fourth-order valence-electron chi connectivity index (χ4n) is 3.00. The summed E-state index contributed by atoms with van der Waals surface area (Å²) in [6.07, 6.45) is 4.27. The van der Waals surface area contributed by atoms with Crippen molar-refractivity contribution >= 4 is 0 Å². The van der Waals surface area contributed by atoms with Gasteiger partial charge in [-0.05, 0) is 17.2 Å². The molecule has 0 aliphatic heterocycles. The van der Waals surface area contributed by atoms with E-state index >= 15 is 0 Å². The Morgan fingerprint density at radius 1 is 0.826 bits per heavy atom. The average molecular weight is 298 g/mol. The molecule has 0 unspecified atom stereocenters. The van der Waals surface area contributed by atoms with E-state index in [0.717, 1.165) is 11.3 Å². The minimum absolute atomic E-state index is 0. The van der Waals surface area contributed by atoms with Crippen molar-refractivity contribution in [2.75, 3.05) is 7.11 Å². The van der Waals surface area contributed by atoms with Crippen LogP contribution in [0, 0.1) is 0 Å². The molecule has 0 saturated carbocycles. The summed E-state index contributed by atoms with van der Waals surface area (Å²) in [6, 6.07) is 20.5. The molecule has 2 aromatic carbocycles. The standard InChI is InChI=1S/C20H20O2.Li/c1-22-18-12-17(21)13-19(15-8-4-2-5-9-15)20(14-18)16-10-6-3-7-11-16;/h2-11,13-14,19-21H,12H2,1H3;/q;+1/p-1/t19-,20+;/m1./s1. The molecule has 0 N–H and O–H groups in total. The van der Waals surface area contributed by atoms with Gasteiger partial charge >= 0.3 is 18.9 Å². The van der Waals surface area contributed by atoms with Crippen LogP contribution >= 0.6 is 0 Å². The van der Waals surface area contributed by atoms with Gasteiger partial charge in [-0.25, -0.2) is 0 Å². The monoisotopic (exact) mass is 298 g/mol. The molecule has 0 aromatic heterocycles. The zero-order valence-electron chi connectivity index (χ0n) is 13.6. The van der Waals surface area contributed by atoms with Crippen LogP contribution < -0.4 is 24.0 Å². The van der Waals surface area contributed by atoms with Crippen molar-refractivity contribution in [2.24, 2.45) is 0 Å². The van der Waals surface area contributed by atoms with Gasteiger partial charge in [-0.3, -0.25) is 0 Å². The third kappa shape index (κ3) is 4.10. The van der Waals surface area contributed by atoms with Crippen LogP contribution in [0.5, 0.6) is 0 Å². The molecule has 2 atom stereocenters. The Morgan fingerprint density at radius 2 is 1.30 bits per heavy atom. The number of benzene rings is 2. The molecular weight excluding hydrogens is 279 g/mol. The molecule has 2 aromatic rings. The van der Waals surface area contributed by atoms with E-state index < -0.39 is 0 Å². The molecule has 1 aliphatic rings. The minimum atomic E-state index is 0. The van der Waals surface area contributed by atoms with E-state index in [4.69, 9.17) is 4.74 Å². The Morgan fingerprint density at radius 3 is 1.78 bits per heavy atom. The van der Waals surface area contributed by atoms with Crippen LogP contribution in [0.2, 0.25) is 0 Å². The molecule has 0 amide bonds. The molecule has 0 spiro atoms. The van der Waals surface area contributed by atoms with Crippen molar-refractivity contribution in [3.8, 4) is 0 Å². The summed E-state index contributed by atoms with van der Waals surface area (Å²) in [5.74, 6) is 0.989. The third-order valence-electron chi connectivity index (χ3n) is 4.10. The van der Waals surface area contributed by atoms with Crippen LogP contribution in [0.25, 0.3) is 0 Å². The fourth-order valence-corrected chi connectivity index (χ4v) is 3.00. The van der Waals surface area contributed by atoms with Crippen LogP contribution in [0.1, 0.15) is 29.4 Å². The summed E-state index contributed by atoms with van der Waals surface area (Å²) in [7, 11) is 1.63. The van der Waals surface area contributed by atoms with Gasteiger partial charge in [0.1, 0.15) is 0 Å². The van der Waals surface area contributed by atoms with Crippen LogP contribution in [0.15, 0.2) is 84.3 Å². The predicted octanol–water partition coefficient (Wildman–Crippen LogP) is 0.736. The van der Waals surface area contributed by atoms with Crippen molar-refractivity contribution in [1.82, 2.24) is 0 Å². The van der Waals surface area contributed by atoms with E-state index in [1.165, 1.54) is 5.56 Å². The van der Waals surface area contributed by atoms with Gasteiger partial charge in [-0.15, -0.1) is 5.76 Å². The maximum absolute atomic E-state index is 12.2. The second-order valence-electron chi connectivity index (χ2n) is 5.52. The summed E-state index contributed by atoms with van der Waals surface area (Å²) in [6.45, 7) is 0. The van der Waals surface area contributed by atoms with Gasteiger partial charge in [0.15, 0.2) is 0 Å². The number of hydrogen-bond acceptors (Lipinski definition) is 2. The Labute approximate surface area is 149 Å². The number of rotatable bonds is 3. The smallest absolute Gasteiger partial charge is 0.875 e. The first kappa shape index (κ1) is 17.5. The molecule has 0 radical (unpaired) electrons. The largest absolute Gasteiger partial charge is 1.00 e. The summed E-state index contributed by atoms with van der Waals surface area (Å²) in [5, 5.41) is 12.2. The molecule has 3 rings (SSSR count). The topological polar surface area (TPSA) is 32.3 Å². The van der Waals surface area contributed by atoms with Gasteiger partial charge in [0.25, 0.3) is 0 Å². The minimum Gasteiger partial charge on any atom is -0.875 e. The molecule has 3 heteroatoms. The quantitative estimate of drug-likeness (QED) is 0.783. The summed E-state index contributed by atoms with van der Waals surface area (Å²) < 4.78 is 5.40. The zero-order chi connectivity index (χ0) is 15.4. The summed E-state index contributed by atoms with van der Waals surface area (Å²) >= 11 is 0. The summed E-state index contributed by atoms with van der Waals surface area (Å²) in [5.41, 5.74) is 2.34. The van der Waals surface area contributed by atoms with E-state index in [9.17, 15) is 5.11 Å². The maximum atomic E-state index is 12.2. The third-order valence-corrected chi connectivity index (χ3v) is 4.10. The van der Waals surface area contributed by atoms with Crippen LogP contribution in [-0.4, -0.2) is 7.11 Å². The molecule has 1 aliphatic carbocycles. The number of allylic oxidation sites excluding steroid dienone is 2. The fraction of sp³-hybridized carbons (Fsp3) is 0.200. The van der Waals surface area contributed by atoms with Crippen LogP contribution in [0.3, 0.4) is 0 Å². The zero-order valence-corrected chi connectivity index (χ0v) is 13.6. The Hall–Kier alpha value is -1.88. The second kappa shape index (κ2) is 8.11. The average Bonchev–Trinajstić information content (AvgIpc) is 2.75. The van der Waals surface area contributed by atoms with Crippen LogP contribution in [-0.2, 0) is 4.74 Å². The van der Waals surface area contributed by atoms with E-state index in [2.05, 4.69) is 30.3 Å². The van der Waals surface area contributed by atoms with Crippen molar-refractivity contribution in [3.63, 3.8) is 0 Å². The van der Waals surface area contributed by atoms with Crippen molar-refractivity contribution in [1.29, 1.82) is 0 Å². The van der Waals surface area contributed by atoms with Crippen molar-refractivity contribution in [2.45, 2.75) is 18.3 Å². The molecule has 0 heterocycles. The SMILES string of the molecule is COC1=C[C@@H](c2ccccc2)[C@@H](c2ccccc2)C=C([O-])C1.[Li+]. The van der Waals surface area contributed by atoms with E-state index in [-0.39, 0.29) is 36.5 Å². The Kier molecular flexibility index (Phi) is 6.16. The molecule has 0 saturated heterocycles. The molecule has 0 bridgehead atoms. The predicted molar refractivity (Wildman–Crippen MR) is 86.2 cm³/mol. The first-order valence-electron chi connectivity index (χ1n) is 7.50. The van der Waals surface area contributed by atoms with E-state index in [0.29, 0.717) is 6.42 Å². The molecule has 112 valence electrons. The van der Waals surface area contributed by atoms with Gasteiger partial charge in [0.05, 0.1) is 12.9 Å². The molecule has 2 nitrogen and oxygen atoms in total. The summed E-state index contributed by atoms with van der Waals surface area (Å²) in [4.78, 5) is 0. The van der Waals surface area contributed by atoms with Crippen LogP contribution in [0.4, 0.5) is 0 Å². The van der Waals surface area contributed by atoms with E-state index in [1.807, 2.05) is 42.5 Å². The van der Waals surface area contributed by atoms with E-state index in [1.54, 1.807) is 7.11 Å². The Balaban J connectivity index is 0.00000192. The maximum Gasteiger partial charge on any atom is 1.00 e. The normalized spacial score (nSPS) is 20.6. The second-order valence-corrected chi connectivity index (χ2v) is 5.52. The van der Waals surface area contributed by atoms with Gasteiger partial charge in [0.2, 0.25) is 0 Å². The van der Waals surface area contributed by atoms with Gasteiger partial charge in [-0.1, -0.05) is 66.7 Å². The Bertz CT molecular complexity index is 677. The van der Waals surface area contributed by atoms with Gasteiger partial charge < -0.3 is 9.84 Å². The molecular formula is C20H19LiO2.